The van der Waals surface area contributed by atoms with Crippen LogP contribution in [0.15, 0.2) is 18.2 Å². The van der Waals surface area contributed by atoms with E-state index in [4.69, 9.17) is 0 Å². The number of benzene rings is 1. The number of carbonyl (C=O) groups excluding carboxylic acids is 1. The van der Waals surface area contributed by atoms with Crippen molar-refractivity contribution in [3.05, 3.63) is 34.9 Å². The van der Waals surface area contributed by atoms with Crippen molar-refractivity contribution in [2.45, 2.75) is 65.0 Å². The topological polar surface area (TPSA) is 23.6 Å². The molecule has 4 rings (SSSR count). The molecule has 2 saturated heterocycles. The van der Waals surface area contributed by atoms with Crippen LogP contribution in [-0.4, -0.2) is 41.4 Å². The summed E-state index contributed by atoms with van der Waals surface area (Å²) in [5.41, 5.74) is 4.55. The van der Waals surface area contributed by atoms with Crippen molar-refractivity contribution >= 4 is 5.91 Å². The minimum atomic E-state index is 0.356. The van der Waals surface area contributed by atoms with Gasteiger partial charge in [0.2, 0.25) is 5.91 Å². The first kappa shape index (κ1) is 16.1. The molecule has 24 heavy (non-hydrogen) atoms. The Hall–Kier alpha value is -1.35. The zero-order valence-corrected chi connectivity index (χ0v) is 15.2. The minimum absolute atomic E-state index is 0.356. The number of carbonyl (C=O) groups is 1. The predicted molar refractivity (Wildman–Crippen MR) is 96.8 cm³/mol. The number of rotatable bonds is 3. The Bertz CT molecular complexity index is 637. The molecule has 0 unspecified atom stereocenters. The first-order chi connectivity index (χ1) is 11.5. The lowest BCUT2D eigenvalue weighted by molar-refractivity contribution is -0.140. The standard InChI is InChI=1S/C21H30N2O/c1-16-4-5-18(12-17(16)2)13-22-11-3-9-21(14-22)10-8-20(24)23(15-21)19-6-7-19/h4-5,12,19H,3,6-11,13-15H2,1-2H3/t21-/m1/s1. The molecule has 2 heterocycles. The molecule has 3 nitrogen and oxygen atoms in total. The lowest BCUT2D eigenvalue weighted by Crippen LogP contribution is -2.54. The summed E-state index contributed by atoms with van der Waals surface area (Å²) in [6.07, 6.45) is 6.90. The molecular formula is C21H30N2O. The predicted octanol–water partition coefficient (Wildman–Crippen LogP) is 3.67. The Morgan fingerprint density at radius 2 is 1.96 bits per heavy atom. The van der Waals surface area contributed by atoms with Gasteiger partial charge in [0.15, 0.2) is 0 Å². The van der Waals surface area contributed by atoms with Crippen LogP contribution in [0.4, 0.5) is 0 Å². The number of hydrogen-bond acceptors (Lipinski definition) is 2. The smallest absolute Gasteiger partial charge is 0.222 e. The Labute approximate surface area is 146 Å². The summed E-state index contributed by atoms with van der Waals surface area (Å²) in [5.74, 6) is 0.411. The van der Waals surface area contributed by atoms with Gasteiger partial charge in [-0.2, -0.15) is 0 Å². The molecule has 1 aromatic carbocycles. The minimum Gasteiger partial charge on any atom is -0.339 e. The van der Waals surface area contributed by atoms with Crippen molar-refractivity contribution in [2.75, 3.05) is 19.6 Å². The highest BCUT2D eigenvalue weighted by molar-refractivity contribution is 5.78. The third-order valence-corrected chi connectivity index (χ3v) is 6.40. The molecular weight excluding hydrogens is 296 g/mol. The maximum Gasteiger partial charge on any atom is 0.222 e. The molecule has 130 valence electrons. The fourth-order valence-corrected chi connectivity index (χ4v) is 4.70. The summed E-state index contributed by atoms with van der Waals surface area (Å²) in [6, 6.07) is 7.45. The van der Waals surface area contributed by atoms with Crippen LogP contribution in [-0.2, 0) is 11.3 Å². The van der Waals surface area contributed by atoms with Crippen LogP contribution in [0.1, 0.15) is 55.2 Å². The number of hydrogen-bond donors (Lipinski definition) is 0. The molecule has 1 spiro atoms. The molecule has 0 radical (unpaired) electrons. The molecule has 1 aliphatic carbocycles. The van der Waals surface area contributed by atoms with Gasteiger partial charge >= 0.3 is 0 Å². The molecule has 3 heteroatoms. The van der Waals surface area contributed by atoms with Gasteiger partial charge in [-0.15, -0.1) is 0 Å². The molecule has 2 aliphatic heterocycles. The van der Waals surface area contributed by atoms with Crippen molar-refractivity contribution in [1.82, 2.24) is 9.80 Å². The maximum absolute atomic E-state index is 12.3. The maximum atomic E-state index is 12.3. The molecule has 3 aliphatic rings. The van der Waals surface area contributed by atoms with E-state index < -0.39 is 0 Å². The summed E-state index contributed by atoms with van der Waals surface area (Å²) < 4.78 is 0. The second-order valence-electron chi connectivity index (χ2n) is 8.49. The van der Waals surface area contributed by atoms with E-state index in [1.807, 2.05) is 0 Å². The third kappa shape index (κ3) is 3.23. The van der Waals surface area contributed by atoms with E-state index in [0.717, 1.165) is 32.5 Å². The zero-order chi connectivity index (χ0) is 16.7. The largest absolute Gasteiger partial charge is 0.339 e. The molecule has 0 N–H and O–H groups in total. The van der Waals surface area contributed by atoms with Crippen molar-refractivity contribution in [3.63, 3.8) is 0 Å². The van der Waals surface area contributed by atoms with Crippen LogP contribution >= 0.6 is 0 Å². The van der Waals surface area contributed by atoms with Gasteiger partial charge in [0.25, 0.3) is 0 Å². The molecule has 0 aromatic heterocycles. The van der Waals surface area contributed by atoms with Crippen LogP contribution in [0.25, 0.3) is 0 Å². The quantitative estimate of drug-likeness (QED) is 0.846. The van der Waals surface area contributed by atoms with Crippen LogP contribution < -0.4 is 0 Å². The first-order valence-corrected chi connectivity index (χ1v) is 9.63. The fraction of sp³-hybridized carbons (Fsp3) is 0.667. The van der Waals surface area contributed by atoms with Gasteiger partial charge in [0.05, 0.1) is 0 Å². The molecule has 1 amide bonds. The van der Waals surface area contributed by atoms with E-state index in [0.29, 0.717) is 17.4 Å². The number of amides is 1. The highest BCUT2D eigenvalue weighted by atomic mass is 16.2. The lowest BCUT2D eigenvalue weighted by Gasteiger charge is -2.48. The number of aryl methyl sites for hydroxylation is 2. The monoisotopic (exact) mass is 326 g/mol. The lowest BCUT2D eigenvalue weighted by atomic mass is 9.73. The normalized spacial score (nSPS) is 28.6. The Morgan fingerprint density at radius 1 is 1.12 bits per heavy atom. The fourth-order valence-electron chi connectivity index (χ4n) is 4.70. The summed E-state index contributed by atoms with van der Waals surface area (Å²) in [4.78, 5) is 17.1. The van der Waals surface area contributed by atoms with E-state index in [1.54, 1.807) is 0 Å². The van der Waals surface area contributed by atoms with Crippen molar-refractivity contribution in [2.24, 2.45) is 5.41 Å². The number of nitrogens with zero attached hydrogens (tertiary/aromatic N) is 2. The Balaban J connectivity index is 1.45. The highest BCUT2D eigenvalue weighted by Gasteiger charge is 2.45. The van der Waals surface area contributed by atoms with Gasteiger partial charge < -0.3 is 4.90 Å². The van der Waals surface area contributed by atoms with Crippen LogP contribution in [0.5, 0.6) is 0 Å². The van der Waals surface area contributed by atoms with Gasteiger partial charge in [-0.25, -0.2) is 0 Å². The van der Waals surface area contributed by atoms with Crippen LogP contribution in [0.3, 0.4) is 0 Å². The van der Waals surface area contributed by atoms with E-state index in [-0.39, 0.29) is 0 Å². The molecule has 1 aromatic rings. The van der Waals surface area contributed by atoms with E-state index >= 15 is 0 Å². The molecule has 3 fully saturated rings. The second-order valence-corrected chi connectivity index (χ2v) is 8.49. The second kappa shape index (κ2) is 6.18. The van der Waals surface area contributed by atoms with E-state index in [2.05, 4.69) is 41.8 Å². The highest BCUT2D eigenvalue weighted by Crippen LogP contribution is 2.42. The van der Waals surface area contributed by atoms with Crippen LogP contribution in [0, 0.1) is 19.3 Å². The van der Waals surface area contributed by atoms with Gasteiger partial charge in [0, 0.05) is 37.5 Å². The summed E-state index contributed by atoms with van der Waals surface area (Å²) in [6.45, 7) is 8.82. The molecule has 1 atom stereocenters. The van der Waals surface area contributed by atoms with Gasteiger partial charge in [-0.05, 0) is 69.2 Å². The summed E-state index contributed by atoms with van der Waals surface area (Å²) >= 11 is 0. The van der Waals surface area contributed by atoms with Crippen molar-refractivity contribution in [3.8, 4) is 0 Å². The van der Waals surface area contributed by atoms with Gasteiger partial charge in [0.1, 0.15) is 0 Å². The van der Waals surface area contributed by atoms with Gasteiger partial charge in [-0.1, -0.05) is 18.2 Å². The Kier molecular flexibility index (Phi) is 4.16. The number of likely N-dealkylation sites (tertiary alicyclic amines) is 2. The van der Waals surface area contributed by atoms with Crippen LogP contribution in [0.2, 0.25) is 0 Å². The third-order valence-electron chi connectivity index (χ3n) is 6.40. The van der Waals surface area contributed by atoms with Crippen molar-refractivity contribution in [1.29, 1.82) is 0 Å². The van der Waals surface area contributed by atoms with Crippen molar-refractivity contribution < 1.29 is 4.79 Å². The summed E-state index contributed by atoms with van der Waals surface area (Å²) in [7, 11) is 0. The average molecular weight is 326 g/mol. The Morgan fingerprint density at radius 3 is 2.71 bits per heavy atom. The first-order valence-electron chi connectivity index (χ1n) is 9.63. The SMILES string of the molecule is Cc1ccc(CN2CCC[C@@]3(CCC(=O)N(C4CC4)C3)C2)cc1C. The van der Waals surface area contributed by atoms with E-state index in [9.17, 15) is 4.79 Å². The zero-order valence-electron chi connectivity index (χ0n) is 15.2. The molecule has 0 bridgehead atoms. The molecule has 1 saturated carbocycles. The summed E-state index contributed by atoms with van der Waals surface area (Å²) in [5, 5.41) is 0. The average Bonchev–Trinajstić information content (AvgIpc) is 3.39. The number of piperidine rings is 2. The van der Waals surface area contributed by atoms with E-state index in [1.165, 1.54) is 48.9 Å². The van der Waals surface area contributed by atoms with Gasteiger partial charge in [-0.3, -0.25) is 9.69 Å².